The molecule has 21 heavy (non-hydrogen) atoms. The molecule has 6 heteroatoms. The van der Waals surface area contributed by atoms with Gasteiger partial charge < -0.3 is 5.32 Å². The van der Waals surface area contributed by atoms with Crippen LogP contribution in [0.15, 0.2) is 42.7 Å². The highest BCUT2D eigenvalue weighted by Crippen LogP contribution is 2.14. The average molecular weight is 301 g/mol. The molecule has 5 nitrogen and oxygen atoms in total. The topological polar surface area (TPSA) is 59.3 Å². The van der Waals surface area contributed by atoms with E-state index in [0.29, 0.717) is 17.1 Å². The Morgan fingerprint density at radius 2 is 2.19 bits per heavy atom. The highest BCUT2D eigenvalue weighted by Gasteiger charge is 2.09. The summed E-state index contributed by atoms with van der Waals surface area (Å²) in [5.74, 6) is -0.211. The first-order chi connectivity index (χ1) is 10.1. The largest absolute Gasteiger partial charge is 0.348 e. The highest BCUT2D eigenvalue weighted by atomic mass is 35.5. The van der Waals surface area contributed by atoms with E-state index < -0.39 is 0 Å². The van der Waals surface area contributed by atoms with Crippen LogP contribution in [-0.2, 0) is 6.54 Å². The maximum absolute atomic E-state index is 12.1. The second-order valence-electron chi connectivity index (χ2n) is 4.71. The highest BCUT2D eigenvalue weighted by molar-refractivity contribution is 6.31. The Hall–Kier alpha value is -2.40. The second-order valence-corrected chi connectivity index (χ2v) is 5.11. The molecule has 0 spiro atoms. The Labute approximate surface area is 126 Å². The van der Waals surface area contributed by atoms with Crippen LogP contribution in [-0.4, -0.2) is 20.5 Å². The fourth-order valence-electron chi connectivity index (χ4n) is 2.03. The number of fused-ring (bicyclic) bond motifs is 1. The Morgan fingerprint density at radius 1 is 1.38 bits per heavy atom. The third-order valence-corrected chi connectivity index (χ3v) is 3.46. The van der Waals surface area contributed by atoms with E-state index in [1.165, 1.54) is 0 Å². The first kappa shape index (κ1) is 13.6. The minimum Gasteiger partial charge on any atom is -0.348 e. The van der Waals surface area contributed by atoms with Crippen molar-refractivity contribution in [2.75, 3.05) is 0 Å². The van der Waals surface area contributed by atoms with Crippen molar-refractivity contribution in [3.8, 4) is 0 Å². The molecule has 2 aromatic heterocycles. The molecule has 0 aliphatic heterocycles. The molecule has 0 bridgehead atoms. The van der Waals surface area contributed by atoms with Crippen molar-refractivity contribution in [2.45, 2.75) is 13.5 Å². The van der Waals surface area contributed by atoms with Gasteiger partial charge in [-0.3, -0.25) is 4.79 Å². The lowest BCUT2D eigenvalue weighted by Gasteiger charge is -2.06. The van der Waals surface area contributed by atoms with Crippen LogP contribution in [0.4, 0.5) is 0 Å². The number of nitrogens with zero attached hydrogens (tertiary/aromatic N) is 3. The Bertz CT molecular complexity index is 812. The monoisotopic (exact) mass is 300 g/mol. The van der Waals surface area contributed by atoms with Crippen LogP contribution in [0.25, 0.3) is 5.65 Å². The van der Waals surface area contributed by atoms with Gasteiger partial charge in [-0.25, -0.2) is 9.50 Å². The molecule has 0 aliphatic rings. The molecular formula is C15H13ClN4O. The van der Waals surface area contributed by atoms with Gasteiger partial charge in [0.15, 0.2) is 5.65 Å². The van der Waals surface area contributed by atoms with E-state index in [-0.39, 0.29) is 5.91 Å². The number of hydrogen-bond acceptors (Lipinski definition) is 3. The van der Waals surface area contributed by atoms with E-state index in [2.05, 4.69) is 15.4 Å². The molecule has 1 N–H and O–H groups in total. The summed E-state index contributed by atoms with van der Waals surface area (Å²) in [6, 6.07) is 9.26. The van der Waals surface area contributed by atoms with E-state index in [9.17, 15) is 4.79 Å². The number of carbonyl (C=O) groups excluding carboxylic acids is 1. The van der Waals surface area contributed by atoms with Crippen molar-refractivity contribution >= 4 is 23.2 Å². The molecule has 1 aromatic carbocycles. The number of amides is 1. The van der Waals surface area contributed by atoms with Crippen molar-refractivity contribution in [3.63, 3.8) is 0 Å². The van der Waals surface area contributed by atoms with Gasteiger partial charge in [0.05, 0.1) is 11.3 Å². The predicted molar refractivity (Wildman–Crippen MR) is 80.3 cm³/mol. The summed E-state index contributed by atoms with van der Waals surface area (Å²) in [7, 11) is 0. The zero-order valence-corrected chi connectivity index (χ0v) is 12.1. The van der Waals surface area contributed by atoms with Gasteiger partial charge in [0.1, 0.15) is 0 Å². The molecule has 0 atom stereocenters. The normalized spacial score (nSPS) is 10.8. The molecule has 0 radical (unpaired) electrons. The van der Waals surface area contributed by atoms with Gasteiger partial charge in [-0.2, -0.15) is 5.10 Å². The van der Waals surface area contributed by atoms with Crippen molar-refractivity contribution < 1.29 is 4.79 Å². The number of nitrogens with one attached hydrogen (secondary N) is 1. The molecule has 2 heterocycles. The minimum absolute atomic E-state index is 0.211. The number of rotatable bonds is 3. The second kappa shape index (κ2) is 5.54. The Balaban J connectivity index is 1.76. The fraction of sp³-hybridized carbons (Fsp3) is 0.133. The molecule has 0 fully saturated rings. The van der Waals surface area contributed by atoms with Crippen LogP contribution in [0, 0.1) is 6.92 Å². The quantitative estimate of drug-likeness (QED) is 0.809. The molecular weight excluding hydrogens is 288 g/mol. The summed E-state index contributed by atoms with van der Waals surface area (Å²) in [5.41, 5.74) is 2.90. The third-order valence-electron chi connectivity index (χ3n) is 3.09. The molecule has 3 rings (SSSR count). The fourth-order valence-corrected chi connectivity index (χ4v) is 2.23. The Kier molecular flexibility index (Phi) is 3.58. The number of benzene rings is 1. The maximum atomic E-state index is 12.1. The van der Waals surface area contributed by atoms with Gasteiger partial charge >= 0.3 is 0 Å². The first-order valence-electron chi connectivity index (χ1n) is 6.47. The lowest BCUT2D eigenvalue weighted by atomic mass is 10.2. The van der Waals surface area contributed by atoms with E-state index in [0.717, 1.165) is 16.9 Å². The number of carbonyl (C=O) groups is 1. The first-order valence-corrected chi connectivity index (χ1v) is 6.85. The van der Waals surface area contributed by atoms with Crippen LogP contribution in [0.1, 0.15) is 21.6 Å². The average Bonchev–Trinajstić information content (AvgIpc) is 2.85. The van der Waals surface area contributed by atoms with Gasteiger partial charge in [0, 0.05) is 30.0 Å². The van der Waals surface area contributed by atoms with Crippen molar-refractivity contribution in [1.29, 1.82) is 0 Å². The number of aryl methyl sites for hydroxylation is 1. The lowest BCUT2D eigenvalue weighted by molar-refractivity contribution is 0.0950. The molecule has 106 valence electrons. The molecule has 0 aliphatic carbocycles. The number of halogens is 1. The molecule has 0 saturated carbocycles. The minimum atomic E-state index is -0.211. The molecule has 3 aromatic rings. The van der Waals surface area contributed by atoms with Crippen molar-refractivity contribution in [2.24, 2.45) is 0 Å². The van der Waals surface area contributed by atoms with Gasteiger partial charge in [-0.05, 0) is 18.6 Å². The molecule has 1 amide bonds. The lowest BCUT2D eigenvalue weighted by Crippen LogP contribution is -2.23. The van der Waals surface area contributed by atoms with Crippen LogP contribution in [0.5, 0.6) is 0 Å². The van der Waals surface area contributed by atoms with Gasteiger partial charge in [0.25, 0.3) is 5.91 Å². The van der Waals surface area contributed by atoms with Crippen LogP contribution in [0.3, 0.4) is 0 Å². The van der Waals surface area contributed by atoms with Gasteiger partial charge in [-0.1, -0.05) is 29.8 Å². The predicted octanol–water partition coefficient (Wildman–Crippen LogP) is 2.62. The zero-order chi connectivity index (χ0) is 14.8. The number of aromatic nitrogens is 3. The van der Waals surface area contributed by atoms with E-state index >= 15 is 0 Å². The zero-order valence-electron chi connectivity index (χ0n) is 11.4. The summed E-state index contributed by atoms with van der Waals surface area (Å²) < 4.78 is 1.60. The summed E-state index contributed by atoms with van der Waals surface area (Å²) in [5, 5.41) is 7.70. The summed E-state index contributed by atoms with van der Waals surface area (Å²) in [6.45, 7) is 2.25. The molecule has 0 saturated heterocycles. The molecule has 0 unspecified atom stereocenters. The smallest absolute Gasteiger partial charge is 0.254 e. The van der Waals surface area contributed by atoms with Crippen molar-refractivity contribution in [3.05, 3.63) is 64.6 Å². The maximum Gasteiger partial charge on any atom is 0.254 e. The summed E-state index contributed by atoms with van der Waals surface area (Å²) in [6.07, 6.45) is 3.20. The van der Waals surface area contributed by atoms with Crippen LogP contribution in [0.2, 0.25) is 5.02 Å². The summed E-state index contributed by atoms with van der Waals surface area (Å²) >= 11 is 6.06. The van der Waals surface area contributed by atoms with Crippen LogP contribution < -0.4 is 5.32 Å². The van der Waals surface area contributed by atoms with Gasteiger partial charge in [-0.15, -0.1) is 0 Å². The third kappa shape index (κ3) is 2.87. The SMILES string of the molecule is Cc1cc2ncc(C(=O)NCc3ccccc3Cl)cn2n1. The van der Waals surface area contributed by atoms with E-state index in [1.807, 2.05) is 31.2 Å². The van der Waals surface area contributed by atoms with E-state index in [4.69, 9.17) is 11.6 Å². The van der Waals surface area contributed by atoms with Crippen LogP contribution >= 0.6 is 11.6 Å². The standard InChI is InChI=1S/C15H13ClN4O/c1-10-6-14-17-8-12(9-20(14)19-10)15(21)18-7-11-4-2-3-5-13(11)16/h2-6,8-9H,7H2,1H3,(H,18,21). The van der Waals surface area contributed by atoms with E-state index in [1.54, 1.807) is 23.0 Å². The Morgan fingerprint density at radius 3 is 3.00 bits per heavy atom. The van der Waals surface area contributed by atoms with Gasteiger partial charge in [0.2, 0.25) is 0 Å². The number of hydrogen-bond donors (Lipinski definition) is 1. The summed E-state index contributed by atoms with van der Waals surface area (Å²) in [4.78, 5) is 16.4. The van der Waals surface area contributed by atoms with Crippen molar-refractivity contribution in [1.82, 2.24) is 19.9 Å².